The van der Waals surface area contributed by atoms with Crippen molar-refractivity contribution in [1.29, 1.82) is 0 Å². The van der Waals surface area contributed by atoms with Crippen LogP contribution in [0.25, 0.3) is 10.7 Å². The fraction of sp³-hybridized carbons (Fsp3) is 0.348. The van der Waals surface area contributed by atoms with E-state index in [-0.39, 0.29) is 5.91 Å². The van der Waals surface area contributed by atoms with Crippen molar-refractivity contribution in [2.24, 2.45) is 0 Å². The van der Waals surface area contributed by atoms with Crippen molar-refractivity contribution in [1.82, 2.24) is 25.1 Å². The molecule has 1 N–H and O–H groups in total. The molecule has 30 heavy (non-hydrogen) atoms. The number of nitrogens with zero attached hydrogens (tertiary/aromatic N) is 4. The molecule has 2 aromatic heterocycles. The molecule has 1 atom stereocenters. The Morgan fingerprint density at radius 2 is 1.97 bits per heavy atom. The van der Waals surface area contributed by atoms with Crippen molar-refractivity contribution in [2.75, 3.05) is 39.8 Å². The van der Waals surface area contributed by atoms with Crippen LogP contribution >= 0.6 is 11.3 Å². The van der Waals surface area contributed by atoms with E-state index in [1.165, 1.54) is 16.9 Å². The Morgan fingerprint density at radius 3 is 2.73 bits per heavy atom. The van der Waals surface area contributed by atoms with E-state index in [1.54, 1.807) is 6.20 Å². The highest BCUT2D eigenvalue weighted by molar-refractivity contribution is 7.17. The molecule has 0 saturated carbocycles. The van der Waals surface area contributed by atoms with Crippen LogP contribution in [0.15, 0.2) is 54.7 Å². The average molecular weight is 422 g/mol. The molecular weight excluding hydrogens is 394 g/mol. The maximum absolute atomic E-state index is 12.8. The SMILES string of the molecule is Cc1nc(-c2ccccn2)sc1C(=O)NCCN1CCN(C)CC1c1ccccc1. The summed E-state index contributed by atoms with van der Waals surface area (Å²) in [5, 5.41) is 3.87. The Balaban J connectivity index is 1.38. The molecule has 6 nitrogen and oxygen atoms in total. The Kier molecular flexibility index (Phi) is 6.52. The molecule has 0 bridgehead atoms. The third-order valence-corrected chi connectivity index (χ3v) is 6.63. The van der Waals surface area contributed by atoms with Gasteiger partial charge < -0.3 is 10.2 Å². The van der Waals surface area contributed by atoms with E-state index >= 15 is 0 Å². The van der Waals surface area contributed by atoms with Crippen LogP contribution in [0, 0.1) is 6.92 Å². The molecule has 0 radical (unpaired) electrons. The second-order valence-corrected chi connectivity index (χ2v) is 8.63. The summed E-state index contributed by atoms with van der Waals surface area (Å²) < 4.78 is 0. The van der Waals surface area contributed by atoms with Crippen molar-refractivity contribution < 1.29 is 4.79 Å². The van der Waals surface area contributed by atoms with E-state index in [1.807, 2.05) is 25.1 Å². The summed E-state index contributed by atoms with van der Waals surface area (Å²) in [6, 6.07) is 16.7. The molecule has 3 aromatic rings. The van der Waals surface area contributed by atoms with Gasteiger partial charge in [0.1, 0.15) is 9.88 Å². The summed E-state index contributed by atoms with van der Waals surface area (Å²) in [7, 11) is 2.17. The average Bonchev–Trinajstić information content (AvgIpc) is 3.17. The van der Waals surface area contributed by atoms with E-state index < -0.39 is 0 Å². The lowest BCUT2D eigenvalue weighted by molar-refractivity contribution is 0.0844. The number of pyridine rings is 1. The smallest absolute Gasteiger partial charge is 0.263 e. The number of rotatable bonds is 6. The summed E-state index contributed by atoms with van der Waals surface area (Å²) in [5.74, 6) is -0.0578. The van der Waals surface area contributed by atoms with Crippen molar-refractivity contribution in [3.05, 3.63) is 70.9 Å². The van der Waals surface area contributed by atoms with E-state index in [9.17, 15) is 4.79 Å². The van der Waals surface area contributed by atoms with Crippen LogP contribution in [0.4, 0.5) is 0 Å². The van der Waals surface area contributed by atoms with E-state index in [4.69, 9.17) is 0 Å². The third-order valence-electron chi connectivity index (χ3n) is 5.45. The summed E-state index contributed by atoms with van der Waals surface area (Å²) >= 11 is 1.40. The van der Waals surface area contributed by atoms with Crippen LogP contribution in [-0.2, 0) is 0 Å². The van der Waals surface area contributed by atoms with Gasteiger partial charge in [-0.05, 0) is 31.7 Å². The molecule has 1 amide bonds. The van der Waals surface area contributed by atoms with Crippen LogP contribution in [0.2, 0.25) is 0 Å². The van der Waals surface area contributed by atoms with E-state index in [0.29, 0.717) is 17.5 Å². The number of carbonyl (C=O) groups excluding carboxylic acids is 1. The molecule has 1 aliphatic rings. The normalized spacial score (nSPS) is 17.7. The van der Waals surface area contributed by atoms with Gasteiger partial charge in [0.2, 0.25) is 0 Å². The van der Waals surface area contributed by atoms with Gasteiger partial charge in [-0.2, -0.15) is 0 Å². The van der Waals surface area contributed by atoms with Gasteiger partial charge in [-0.25, -0.2) is 4.98 Å². The second kappa shape index (κ2) is 9.47. The van der Waals surface area contributed by atoms with Crippen LogP contribution in [0.3, 0.4) is 0 Å². The third kappa shape index (κ3) is 4.75. The summed E-state index contributed by atoms with van der Waals surface area (Å²) in [4.78, 5) is 27.1. The Labute approximate surface area is 181 Å². The first-order chi connectivity index (χ1) is 14.6. The number of aromatic nitrogens is 2. The van der Waals surface area contributed by atoms with Crippen molar-refractivity contribution in [2.45, 2.75) is 13.0 Å². The zero-order valence-electron chi connectivity index (χ0n) is 17.4. The number of aryl methyl sites for hydroxylation is 1. The van der Waals surface area contributed by atoms with Crippen molar-refractivity contribution >= 4 is 17.2 Å². The van der Waals surface area contributed by atoms with Gasteiger partial charge in [-0.3, -0.25) is 14.7 Å². The molecular formula is C23H27N5OS. The Bertz CT molecular complexity index is 976. The largest absolute Gasteiger partial charge is 0.350 e. The van der Waals surface area contributed by atoms with Crippen LogP contribution in [-0.4, -0.2) is 65.4 Å². The number of benzene rings is 1. The van der Waals surface area contributed by atoms with Crippen LogP contribution in [0.1, 0.15) is 27.0 Å². The molecule has 4 rings (SSSR count). The number of nitrogens with one attached hydrogen (secondary N) is 1. The minimum atomic E-state index is -0.0578. The monoisotopic (exact) mass is 421 g/mol. The van der Waals surface area contributed by atoms with Crippen LogP contribution in [0.5, 0.6) is 0 Å². The lowest BCUT2D eigenvalue weighted by Gasteiger charge is -2.40. The first-order valence-electron chi connectivity index (χ1n) is 10.3. The zero-order chi connectivity index (χ0) is 20.9. The number of piperazine rings is 1. The second-order valence-electron chi connectivity index (χ2n) is 7.63. The molecule has 1 saturated heterocycles. The van der Waals surface area contributed by atoms with E-state index in [2.05, 4.69) is 62.5 Å². The topological polar surface area (TPSA) is 61.4 Å². The highest BCUT2D eigenvalue weighted by atomic mass is 32.1. The summed E-state index contributed by atoms with van der Waals surface area (Å²) in [6.07, 6.45) is 1.74. The van der Waals surface area contributed by atoms with Gasteiger partial charge in [0.15, 0.2) is 0 Å². The zero-order valence-corrected chi connectivity index (χ0v) is 18.2. The molecule has 156 valence electrons. The molecule has 0 spiro atoms. The standard InChI is InChI=1S/C23H27N5OS/c1-17-21(30-23(26-17)19-10-6-7-11-24-19)22(29)25-12-13-28-15-14-27(2)16-20(28)18-8-4-3-5-9-18/h3-11,20H,12-16H2,1-2H3,(H,25,29). The minimum Gasteiger partial charge on any atom is -0.350 e. The predicted octanol–water partition coefficient (Wildman–Crippen LogP) is 3.23. The minimum absolute atomic E-state index is 0.0578. The maximum Gasteiger partial charge on any atom is 0.263 e. The first kappa shape index (κ1) is 20.7. The fourth-order valence-electron chi connectivity index (χ4n) is 3.82. The van der Waals surface area contributed by atoms with Gasteiger partial charge >= 0.3 is 0 Å². The molecule has 3 heterocycles. The lowest BCUT2D eigenvalue weighted by Crippen LogP contribution is -2.48. The molecule has 1 fully saturated rings. The highest BCUT2D eigenvalue weighted by Gasteiger charge is 2.26. The van der Waals surface area contributed by atoms with Gasteiger partial charge in [0.05, 0.1) is 11.4 Å². The number of hydrogen-bond acceptors (Lipinski definition) is 6. The van der Waals surface area contributed by atoms with Crippen molar-refractivity contribution in [3.8, 4) is 10.7 Å². The van der Waals surface area contributed by atoms with Gasteiger partial charge in [0, 0.05) is 45.0 Å². The number of thiazole rings is 1. The summed E-state index contributed by atoms with van der Waals surface area (Å²) in [6.45, 7) is 6.35. The molecule has 0 aliphatic carbocycles. The predicted molar refractivity (Wildman–Crippen MR) is 121 cm³/mol. The lowest BCUT2D eigenvalue weighted by atomic mass is 10.0. The number of carbonyl (C=O) groups is 1. The van der Waals surface area contributed by atoms with Gasteiger partial charge in [-0.15, -0.1) is 11.3 Å². The number of hydrogen-bond donors (Lipinski definition) is 1. The van der Waals surface area contributed by atoms with Gasteiger partial charge in [-0.1, -0.05) is 36.4 Å². The first-order valence-corrected chi connectivity index (χ1v) is 11.1. The molecule has 1 unspecified atom stereocenters. The highest BCUT2D eigenvalue weighted by Crippen LogP contribution is 2.27. The Hall–Kier alpha value is -2.61. The van der Waals surface area contributed by atoms with Crippen LogP contribution < -0.4 is 5.32 Å². The Morgan fingerprint density at radius 1 is 1.17 bits per heavy atom. The molecule has 1 aliphatic heterocycles. The quantitative estimate of drug-likeness (QED) is 0.662. The molecule has 7 heteroatoms. The van der Waals surface area contributed by atoms with E-state index in [0.717, 1.165) is 42.6 Å². The van der Waals surface area contributed by atoms with Gasteiger partial charge in [0.25, 0.3) is 5.91 Å². The summed E-state index contributed by atoms with van der Waals surface area (Å²) in [5.41, 5.74) is 2.88. The number of likely N-dealkylation sites (N-methyl/N-ethyl adjacent to an activating group) is 1. The maximum atomic E-state index is 12.8. The number of amides is 1. The molecule has 1 aromatic carbocycles. The fourth-order valence-corrected chi connectivity index (χ4v) is 4.77. The van der Waals surface area contributed by atoms with Crippen molar-refractivity contribution in [3.63, 3.8) is 0 Å².